The van der Waals surface area contributed by atoms with Crippen LogP contribution >= 0.6 is 0 Å². The van der Waals surface area contributed by atoms with Gasteiger partial charge in [-0.2, -0.15) is 5.26 Å². The molecule has 1 N–H and O–H groups in total. The molecule has 6 nitrogen and oxygen atoms in total. The van der Waals surface area contributed by atoms with E-state index in [1.54, 1.807) is 23.6 Å². The van der Waals surface area contributed by atoms with E-state index in [0.29, 0.717) is 16.5 Å². The van der Waals surface area contributed by atoms with Gasteiger partial charge < -0.3 is 14.4 Å². The van der Waals surface area contributed by atoms with Gasteiger partial charge in [-0.15, -0.1) is 0 Å². The number of hydrogen-bond acceptors (Lipinski definition) is 5. The highest BCUT2D eigenvalue weighted by molar-refractivity contribution is 5.98. The van der Waals surface area contributed by atoms with Gasteiger partial charge in [0, 0.05) is 11.9 Å². The monoisotopic (exact) mass is 339 g/mol. The molecule has 0 aliphatic rings. The van der Waals surface area contributed by atoms with Crippen LogP contribution in [-0.4, -0.2) is 27.2 Å². The summed E-state index contributed by atoms with van der Waals surface area (Å²) in [6.45, 7) is 2.03. The van der Waals surface area contributed by atoms with Crippen LogP contribution in [-0.2, 0) is 11.3 Å². The number of ether oxygens (including phenoxy) is 1. The summed E-state index contributed by atoms with van der Waals surface area (Å²) >= 11 is 0. The molecule has 0 saturated heterocycles. The first-order chi connectivity index (χ1) is 12.0. The molecule has 126 valence electrons. The minimum atomic E-state index is -0.738. The van der Waals surface area contributed by atoms with Crippen molar-refractivity contribution in [2.75, 3.05) is 6.61 Å². The van der Waals surface area contributed by atoms with Gasteiger partial charge in [0.1, 0.15) is 17.6 Å². The maximum Gasteiger partial charge on any atom is 0.360 e. The van der Waals surface area contributed by atoms with Crippen LogP contribution in [0.1, 0.15) is 28.7 Å². The summed E-state index contributed by atoms with van der Waals surface area (Å²) < 4.78 is 19.9. The number of halogens is 1. The van der Waals surface area contributed by atoms with Crippen LogP contribution in [0.5, 0.6) is 5.75 Å². The largest absolute Gasteiger partial charge is 0.505 e. The van der Waals surface area contributed by atoms with Crippen molar-refractivity contribution in [3.05, 3.63) is 59.3 Å². The molecule has 3 aromatic rings. The zero-order chi connectivity index (χ0) is 18.0. The van der Waals surface area contributed by atoms with Gasteiger partial charge in [0.05, 0.1) is 18.3 Å². The minimum Gasteiger partial charge on any atom is -0.505 e. The van der Waals surface area contributed by atoms with Crippen molar-refractivity contribution in [2.24, 2.45) is 0 Å². The Morgan fingerprint density at radius 1 is 1.44 bits per heavy atom. The van der Waals surface area contributed by atoms with Crippen molar-refractivity contribution in [3.8, 4) is 11.8 Å². The van der Waals surface area contributed by atoms with Crippen LogP contribution in [0.25, 0.3) is 10.9 Å². The van der Waals surface area contributed by atoms with Crippen LogP contribution < -0.4 is 0 Å². The molecule has 7 heteroatoms. The fraction of sp³-hybridized carbons (Fsp3) is 0.167. The quantitative estimate of drug-likeness (QED) is 0.738. The predicted octanol–water partition coefficient (Wildman–Crippen LogP) is 2.98. The molecule has 0 aliphatic carbocycles. The molecule has 0 bridgehead atoms. The summed E-state index contributed by atoms with van der Waals surface area (Å²) in [7, 11) is 0. The number of esters is 1. The standard InChI is InChI=1S/C18H14FN3O3/c1-2-25-18(24)16-17(23)14-7-13(8-20)22(15(14)9-21-16)10-11-4-3-5-12(19)6-11/h3-7,9,23H,2,10H2,1H3. The number of nitriles is 1. The molecule has 2 heterocycles. The highest BCUT2D eigenvalue weighted by Crippen LogP contribution is 2.31. The third-order valence-corrected chi connectivity index (χ3v) is 3.75. The number of pyridine rings is 1. The van der Waals surface area contributed by atoms with Crippen LogP contribution in [0.15, 0.2) is 36.5 Å². The van der Waals surface area contributed by atoms with Crippen molar-refractivity contribution < 1.29 is 19.0 Å². The second kappa shape index (κ2) is 6.61. The number of rotatable bonds is 4. The Kier molecular flexibility index (Phi) is 4.35. The van der Waals surface area contributed by atoms with E-state index in [0.717, 1.165) is 0 Å². The number of benzene rings is 1. The Morgan fingerprint density at radius 2 is 2.24 bits per heavy atom. The second-order valence-corrected chi connectivity index (χ2v) is 5.33. The second-order valence-electron chi connectivity index (χ2n) is 5.33. The molecule has 2 aromatic heterocycles. The summed E-state index contributed by atoms with van der Waals surface area (Å²) in [5.41, 5.74) is 1.17. The molecule has 0 saturated carbocycles. The minimum absolute atomic E-state index is 0.155. The Morgan fingerprint density at radius 3 is 2.92 bits per heavy atom. The van der Waals surface area contributed by atoms with Crippen molar-refractivity contribution in [1.29, 1.82) is 5.26 Å². The predicted molar refractivity (Wildman–Crippen MR) is 87.6 cm³/mol. The average Bonchev–Trinajstić information content (AvgIpc) is 2.94. The Balaban J connectivity index is 2.12. The van der Waals surface area contributed by atoms with E-state index in [-0.39, 0.29) is 36.1 Å². The topological polar surface area (TPSA) is 88.1 Å². The Labute approximate surface area is 142 Å². The molecule has 0 amide bonds. The van der Waals surface area contributed by atoms with E-state index in [4.69, 9.17) is 4.74 Å². The van der Waals surface area contributed by atoms with E-state index < -0.39 is 5.97 Å². The molecular weight excluding hydrogens is 325 g/mol. The first kappa shape index (κ1) is 16.5. The molecule has 25 heavy (non-hydrogen) atoms. The molecule has 0 fully saturated rings. The number of hydrogen-bond donors (Lipinski definition) is 1. The van der Waals surface area contributed by atoms with Crippen LogP contribution in [0.2, 0.25) is 0 Å². The van der Waals surface area contributed by atoms with Crippen molar-refractivity contribution >= 4 is 16.9 Å². The summed E-state index contributed by atoms with van der Waals surface area (Å²) in [5.74, 6) is -1.46. The third-order valence-electron chi connectivity index (χ3n) is 3.75. The molecule has 0 unspecified atom stereocenters. The molecule has 0 radical (unpaired) electrons. The number of nitrogens with zero attached hydrogens (tertiary/aromatic N) is 3. The van der Waals surface area contributed by atoms with Crippen LogP contribution in [0.3, 0.4) is 0 Å². The summed E-state index contributed by atoms with van der Waals surface area (Å²) in [6, 6.07) is 9.52. The van der Waals surface area contributed by atoms with E-state index >= 15 is 0 Å². The lowest BCUT2D eigenvalue weighted by atomic mass is 10.2. The summed E-state index contributed by atoms with van der Waals surface area (Å²) in [6.07, 6.45) is 1.39. The molecule has 0 spiro atoms. The number of aromatic nitrogens is 2. The number of aromatic hydroxyl groups is 1. The number of fused-ring (bicyclic) bond motifs is 1. The van der Waals surface area contributed by atoms with Crippen LogP contribution in [0.4, 0.5) is 4.39 Å². The fourth-order valence-corrected chi connectivity index (χ4v) is 2.64. The van der Waals surface area contributed by atoms with Crippen molar-refractivity contribution in [1.82, 2.24) is 9.55 Å². The van der Waals surface area contributed by atoms with Gasteiger partial charge in [0.15, 0.2) is 11.4 Å². The normalized spacial score (nSPS) is 10.6. The van der Waals surface area contributed by atoms with Gasteiger partial charge in [-0.1, -0.05) is 12.1 Å². The van der Waals surface area contributed by atoms with E-state index in [9.17, 15) is 19.6 Å². The van der Waals surface area contributed by atoms with Gasteiger partial charge in [-0.3, -0.25) is 0 Å². The fourth-order valence-electron chi connectivity index (χ4n) is 2.64. The smallest absolute Gasteiger partial charge is 0.360 e. The highest BCUT2D eigenvalue weighted by Gasteiger charge is 2.20. The van der Waals surface area contributed by atoms with Gasteiger partial charge >= 0.3 is 5.97 Å². The first-order valence-electron chi connectivity index (χ1n) is 7.58. The van der Waals surface area contributed by atoms with Crippen molar-refractivity contribution in [3.63, 3.8) is 0 Å². The Bertz CT molecular complexity index is 1000. The SMILES string of the molecule is CCOC(=O)c1ncc2c(cc(C#N)n2Cc2cccc(F)c2)c1O. The van der Waals surface area contributed by atoms with Gasteiger partial charge in [-0.25, -0.2) is 14.2 Å². The molecule has 3 rings (SSSR count). The average molecular weight is 339 g/mol. The molecular formula is C18H14FN3O3. The summed E-state index contributed by atoms with van der Waals surface area (Å²) in [4.78, 5) is 15.8. The lowest BCUT2D eigenvalue weighted by molar-refractivity contribution is 0.0516. The lowest BCUT2D eigenvalue weighted by Crippen LogP contribution is -2.08. The number of carbonyl (C=O) groups is 1. The van der Waals surface area contributed by atoms with Gasteiger partial charge in [0.25, 0.3) is 0 Å². The summed E-state index contributed by atoms with van der Waals surface area (Å²) in [5, 5.41) is 20.0. The Hall–Kier alpha value is -3.40. The molecule has 0 aliphatic heterocycles. The molecule has 1 aromatic carbocycles. The zero-order valence-corrected chi connectivity index (χ0v) is 13.4. The van der Waals surface area contributed by atoms with Gasteiger partial charge in [-0.05, 0) is 30.7 Å². The van der Waals surface area contributed by atoms with Gasteiger partial charge in [0.2, 0.25) is 0 Å². The maximum absolute atomic E-state index is 13.4. The van der Waals surface area contributed by atoms with Crippen LogP contribution in [0, 0.1) is 17.1 Å². The van der Waals surface area contributed by atoms with E-state index in [2.05, 4.69) is 4.98 Å². The lowest BCUT2D eigenvalue weighted by Gasteiger charge is -2.09. The van der Waals surface area contributed by atoms with E-state index in [1.807, 2.05) is 6.07 Å². The molecule has 0 atom stereocenters. The first-order valence-corrected chi connectivity index (χ1v) is 7.58. The van der Waals surface area contributed by atoms with E-state index in [1.165, 1.54) is 24.4 Å². The zero-order valence-electron chi connectivity index (χ0n) is 13.4. The maximum atomic E-state index is 13.4. The third kappa shape index (κ3) is 3.02. The number of carbonyl (C=O) groups excluding carboxylic acids is 1. The highest BCUT2D eigenvalue weighted by atomic mass is 19.1. The van der Waals surface area contributed by atoms with Crippen molar-refractivity contribution in [2.45, 2.75) is 13.5 Å².